The fraction of sp³-hybridized carbons (Fsp3) is 0.500. The van der Waals surface area contributed by atoms with Crippen molar-refractivity contribution >= 4 is 5.91 Å². The number of carbonyl (C=O) groups is 1. The first-order valence-corrected chi connectivity index (χ1v) is 6.89. The van der Waals surface area contributed by atoms with Gasteiger partial charge in [0.05, 0.1) is 17.4 Å². The largest absolute Gasteiger partial charge is 0.359 e. The van der Waals surface area contributed by atoms with Gasteiger partial charge in [0.2, 0.25) is 5.76 Å². The van der Waals surface area contributed by atoms with Crippen LogP contribution < -0.4 is 0 Å². The Morgan fingerprint density at radius 1 is 1.40 bits per heavy atom. The molecule has 2 aromatic heterocycles. The number of carbonyl (C=O) groups excluding carboxylic acids is 1. The highest BCUT2D eigenvalue weighted by Gasteiger charge is 2.34. The quantitative estimate of drug-likeness (QED) is 0.860. The van der Waals surface area contributed by atoms with Crippen molar-refractivity contribution < 1.29 is 13.8 Å². The summed E-state index contributed by atoms with van der Waals surface area (Å²) in [5.74, 6) is 0.899. The van der Waals surface area contributed by atoms with E-state index in [2.05, 4.69) is 10.3 Å². The molecule has 0 saturated carbocycles. The zero-order valence-corrected chi connectivity index (χ0v) is 11.6. The van der Waals surface area contributed by atoms with Gasteiger partial charge in [-0.05, 0) is 26.2 Å². The van der Waals surface area contributed by atoms with Gasteiger partial charge < -0.3 is 13.9 Å². The molecule has 0 bridgehead atoms. The molecular weight excluding hydrogens is 258 g/mol. The van der Waals surface area contributed by atoms with Crippen LogP contribution in [0.4, 0.5) is 0 Å². The molecule has 3 heterocycles. The van der Waals surface area contributed by atoms with Crippen LogP contribution in [0.5, 0.6) is 0 Å². The van der Waals surface area contributed by atoms with Crippen LogP contribution in [-0.4, -0.2) is 27.7 Å². The predicted octanol–water partition coefficient (Wildman–Crippen LogP) is 2.51. The third-order valence-corrected chi connectivity index (χ3v) is 3.62. The highest BCUT2D eigenvalue weighted by atomic mass is 16.5. The average Bonchev–Trinajstić information content (AvgIpc) is 3.17. The van der Waals surface area contributed by atoms with Gasteiger partial charge in [-0.3, -0.25) is 4.79 Å². The van der Waals surface area contributed by atoms with Gasteiger partial charge in [0.1, 0.15) is 0 Å². The standard InChI is InChI=1S/C14H17N3O3/c1-3-10-8-12(19-16-10)11-5-4-6-17(11)14(18)13-7-9(2)15-20-13/h7-8,11H,3-6H2,1-2H3/t11-/m1/s1. The highest BCUT2D eigenvalue weighted by molar-refractivity contribution is 5.91. The van der Waals surface area contributed by atoms with Crippen LogP contribution in [0.3, 0.4) is 0 Å². The summed E-state index contributed by atoms with van der Waals surface area (Å²) in [6.07, 6.45) is 2.66. The Bertz CT molecular complexity index is 617. The first-order valence-electron chi connectivity index (χ1n) is 6.89. The van der Waals surface area contributed by atoms with E-state index in [1.54, 1.807) is 17.9 Å². The smallest absolute Gasteiger partial charge is 0.293 e. The minimum atomic E-state index is -0.137. The van der Waals surface area contributed by atoms with E-state index in [-0.39, 0.29) is 17.7 Å². The molecule has 0 N–H and O–H groups in total. The van der Waals surface area contributed by atoms with Crippen molar-refractivity contribution in [3.8, 4) is 0 Å². The van der Waals surface area contributed by atoms with Gasteiger partial charge in [-0.25, -0.2) is 0 Å². The number of hydrogen-bond donors (Lipinski definition) is 0. The second-order valence-corrected chi connectivity index (χ2v) is 5.06. The van der Waals surface area contributed by atoms with Crippen molar-refractivity contribution in [3.05, 3.63) is 35.0 Å². The highest BCUT2D eigenvalue weighted by Crippen LogP contribution is 2.33. The van der Waals surface area contributed by atoms with E-state index >= 15 is 0 Å². The van der Waals surface area contributed by atoms with Gasteiger partial charge in [-0.1, -0.05) is 17.2 Å². The SMILES string of the molecule is CCc1cc([C@H]2CCCN2C(=O)c2cc(C)no2)on1. The van der Waals surface area contributed by atoms with Crippen molar-refractivity contribution in [2.24, 2.45) is 0 Å². The summed E-state index contributed by atoms with van der Waals surface area (Å²) < 4.78 is 10.4. The summed E-state index contributed by atoms with van der Waals surface area (Å²) in [6, 6.07) is 3.54. The lowest BCUT2D eigenvalue weighted by atomic mass is 10.1. The van der Waals surface area contributed by atoms with Gasteiger partial charge in [0.15, 0.2) is 5.76 Å². The molecule has 1 aliphatic rings. The van der Waals surface area contributed by atoms with Crippen LogP contribution in [0, 0.1) is 6.92 Å². The van der Waals surface area contributed by atoms with Crippen molar-refractivity contribution in [2.45, 2.75) is 39.2 Å². The summed E-state index contributed by atoms with van der Waals surface area (Å²) >= 11 is 0. The van der Waals surface area contributed by atoms with Crippen molar-refractivity contribution in [3.63, 3.8) is 0 Å². The maximum absolute atomic E-state index is 12.5. The van der Waals surface area contributed by atoms with E-state index in [4.69, 9.17) is 9.05 Å². The van der Waals surface area contributed by atoms with E-state index in [0.717, 1.165) is 30.7 Å². The van der Waals surface area contributed by atoms with Crippen LogP contribution >= 0.6 is 0 Å². The molecule has 0 spiro atoms. The summed E-state index contributed by atoms with van der Waals surface area (Å²) in [5.41, 5.74) is 1.62. The number of amides is 1. The summed E-state index contributed by atoms with van der Waals surface area (Å²) in [6.45, 7) is 4.52. The zero-order valence-electron chi connectivity index (χ0n) is 11.6. The molecule has 20 heavy (non-hydrogen) atoms. The molecule has 6 nitrogen and oxygen atoms in total. The third kappa shape index (κ3) is 2.21. The minimum absolute atomic E-state index is 0.0549. The number of aromatic nitrogens is 2. The average molecular weight is 275 g/mol. The van der Waals surface area contributed by atoms with E-state index in [0.29, 0.717) is 12.2 Å². The van der Waals surface area contributed by atoms with Crippen LogP contribution in [0.1, 0.15) is 53.5 Å². The summed E-state index contributed by atoms with van der Waals surface area (Å²) in [4.78, 5) is 14.2. The van der Waals surface area contributed by atoms with Crippen molar-refractivity contribution in [2.75, 3.05) is 6.54 Å². The topological polar surface area (TPSA) is 72.4 Å². The number of aryl methyl sites for hydroxylation is 2. The maximum Gasteiger partial charge on any atom is 0.293 e. The van der Waals surface area contributed by atoms with Crippen molar-refractivity contribution in [1.82, 2.24) is 15.2 Å². The van der Waals surface area contributed by atoms with Gasteiger partial charge in [0, 0.05) is 18.7 Å². The summed E-state index contributed by atoms with van der Waals surface area (Å²) in [5, 5.41) is 7.77. The molecule has 1 saturated heterocycles. The van der Waals surface area contributed by atoms with Gasteiger partial charge in [-0.2, -0.15) is 0 Å². The lowest BCUT2D eigenvalue weighted by Gasteiger charge is -2.20. The van der Waals surface area contributed by atoms with Gasteiger partial charge in [-0.15, -0.1) is 0 Å². The number of nitrogens with zero attached hydrogens (tertiary/aromatic N) is 3. The Labute approximate surface area is 116 Å². The molecule has 0 aliphatic carbocycles. The Hall–Kier alpha value is -2.11. The van der Waals surface area contributed by atoms with E-state index < -0.39 is 0 Å². The molecule has 1 amide bonds. The monoisotopic (exact) mass is 275 g/mol. The second-order valence-electron chi connectivity index (χ2n) is 5.06. The Morgan fingerprint density at radius 2 is 2.25 bits per heavy atom. The zero-order chi connectivity index (χ0) is 14.1. The van der Waals surface area contributed by atoms with Crippen LogP contribution in [0.25, 0.3) is 0 Å². The van der Waals surface area contributed by atoms with E-state index in [1.807, 2.05) is 13.0 Å². The Kier molecular flexibility index (Phi) is 3.30. The lowest BCUT2D eigenvalue weighted by molar-refractivity contribution is 0.0672. The first kappa shape index (κ1) is 12.9. The first-order chi connectivity index (χ1) is 9.69. The Balaban J connectivity index is 1.83. The maximum atomic E-state index is 12.5. The molecule has 0 radical (unpaired) electrons. The molecule has 0 aromatic carbocycles. The lowest BCUT2D eigenvalue weighted by Crippen LogP contribution is -2.30. The normalized spacial score (nSPS) is 18.7. The Morgan fingerprint density at radius 3 is 2.90 bits per heavy atom. The number of hydrogen-bond acceptors (Lipinski definition) is 5. The predicted molar refractivity (Wildman–Crippen MR) is 70.1 cm³/mol. The number of rotatable bonds is 3. The van der Waals surface area contributed by atoms with E-state index in [1.165, 1.54) is 0 Å². The molecule has 2 aromatic rings. The molecular formula is C14H17N3O3. The minimum Gasteiger partial charge on any atom is -0.359 e. The number of likely N-dealkylation sites (tertiary alicyclic amines) is 1. The van der Waals surface area contributed by atoms with Gasteiger partial charge in [0.25, 0.3) is 5.91 Å². The third-order valence-electron chi connectivity index (χ3n) is 3.62. The van der Waals surface area contributed by atoms with Crippen LogP contribution in [-0.2, 0) is 6.42 Å². The summed E-state index contributed by atoms with van der Waals surface area (Å²) in [7, 11) is 0. The molecule has 1 atom stereocenters. The molecule has 106 valence electrons. The second kappa shape index (κ2) is 5.11. The van der Waals surface area contributed by atoms with E-state index in [9.17, 15) is 4.79 Å². The van der Waals surface area contributed by atoms with Crippen molar-refractivity contribution in [1.29, 1.82) is 0 Å². The fourth-order valence-corrected chi connectivity index (χ4v) is 2.56. The molecule has 6 heteroatoms. The van der Waals surface area contributed by atoms with Crippen LogP contribution in [0.2, 0.25) is 0 Å². The molecule has 1 fully saturated rings. The molecule has 3 rings (SSSR count). The van der Waals surface area contributed by atoms with Crippen LogP contribution in [0.15, 0.2) is 21.2 Å². The fourth-order valence-electron chi connectivity index (χ4n) is 2.56. The van der Waals surface area contributed by atoms with Gasteiger partial charge >= 0.3 is 0 Å². The molecule has 0 unspecified atom stereocenters. The molecule has 1 aliphatic heterocycles.